The predicted molar refractivity (Wildman–Crippen MR) is 149 cm³/mol. The molecule has 0 spiro atoms. The Morgan fingerprint density at radius 1 is 0.396 bits per heavy atom. The molecule has 53 heavy (non-hydrogen) atoms. The van der Waals surface area contributed by atoms with Crippen molar-refractivity contribution in [3.8, 4) is 22.6 Å². The average molecular weight is 768 g/mol. The number of hydrogen-bond acceptors (Lipinski definition) is 2. The molecule has 1 aliphatic rings. The van der Waals surface area contributed by atoms with Crippen LogP contribution in [0.1, 0.15) is 11.1 Å². The first-order chi connectivity index (χ1) is 24.8. The van der Waals surface area contributed by atoms with Crippen LogP contribution in [0, 0.1) is 87.3 Å². The zero-order chi connectivity index (χ0) is 38.7. The molecule has 0 fully saturated rings. The maximum absolute atomic E-state index is 16.1. The average Bonchev–Trinajstić information content (AvgIpc) is 3.36. The summed E-state index contributed by atoms with van der Waals surface area (Å²) >= 11 is 0. The molecular formula is C33H6BF17O2. The Labute approximate surface area is 281 Å². The highest BCUT2D eigenvalue weighted by Crippen LogP contribution is 2.55. The smallest absolute Gasteiger partial charge is 0.519 e. The van der Waals surface area contributed by atoms with Crippen molar-refractivity contribution < 1.29 is 83.9 Å². The van der Waals surface area contributed by atoms with Gasteiger partial charge in [0.15, 0.2) is 64.0 Å². The topological polar surface area (TPSA) is 18.5 Å². The monoisotopic (exact) mass is 768 g/mol. The highest BCUT2D eigenvalue weighted by atomic mass is 19.3. The highest BCUT2D eigenvalue weighted by molar-refractivity contribution is 6.64. The van der Waals surface area contributed by atoms with Crippen molar-refractivity contribution in [1.29, 1.82) is 0 Å². The maximum atomic E-state index is 16.1. The van der Waals surface area contributed by atoms with Crippen LogP contribution in [0.15, 0.2) is 36.4 Å². The highest BCUT2D eigenvalue weighted by Gasteiger charge is 2.57. The minimum Gasteiger partial charge on any atom is -0.519 e. The summed E-state index contributed by atoms with van der Waals surface area (Å²) in [7, 11) is -3.71. The van der Waals surface area contributed by atoms with E-state index in [0.29, 0.717) is 36.4 Å². The molecule has 0 aromatic heterocycles. The second-order valence-corrected chi connectivity index (χ2v) is 11.1. The summed E-state index contributed by atoms with van der Waals surface area (Å²) in [6.07, 6.45) is 0. The molecular weight excluding hydrogens is 762 g/mol. The molecule has 272 valence electrons. The van der Waals surface area contributed by atoms with Gasteiger partial charge in [0, 0.05) is 27.5 Å². The molecule has 6 aromatic rings. The summed E-state index contributed by atoms with van der Waals surface area (Å²) in [6.45, 7) is 0. The minimum absolute atomic E-state index is 0.471. The Morgan fingerprint density at radius 2 is 0.774 bits per heavy atom. The van der Waals surface area contributed by atoms with E-state index >= 15 is 35.1 Å². The number of hydrogen-bond donors (Lipinski definition) is 0. The molecule has 2 nitrogen and oxygen atoms in total. The fourth-order valence-corrected chi connectivity index (χ4v) is 6.05. The summed E-state index contributed by atoms with van der Waals surface area (Å²) in [6, 6.07) is 3.39. The molecule has 1 aliphatic carbocycles. The Bertz CT molecular complexity index is 2520. The largest absolute Gasteiger partial charge is 0.636 e. The number of alkyl halides is 2. The lowest BCUT2D eigenvalue weighted by Crippen LogP contribution is -2.49. The zero-order valence-corrected chi connectivity index (χ0v) is 24.8. The van der Waals surface area contributed by atoms with E-state index in [0.717, 1.165) is 0 Å². The van der Waals surface area contributed by atoms with Crippen molar-refractivity contribution in [2.75, 3.05) is 0 Å². The van der Waals surface area contributed by atoms with Gasteiger partial charge in [-0.25, -0.2) is 57.1 Å². The first-order valence-corrected chi connectivity index (χ1v) is 14.1. The van der Waals surface area contributed by atoms with Crippen molar-refractivity contribution in [1.82, 2.24) is 0 Å². The van der Waals surface area contributed by atoms with E-state index in [1.54, 1.807) is 0 Å². The molecule has 0 bridgehead atoms. The summed E-state index contributed by atoms with van der Waals surface area (Å²) in [5.74, 6) is -47.7. The maximum Gasteiger partial charge on any atom is 0.636 e. The third-order valence-corrected chi connectivity index (χ3v) is 8.32. The van der Waals surface area contributed by atoms with Crippen LogP contribution in [0.3, 0.4) is 0 Å². The van der Waals surface area contributed by atoms with Crippen LogP contribution in [-0.4, -0.2) is 7.12 Å². The third kappa shape index (κ3) is 4.75. The molecule has 0 unspecified atom stereocenters. The summed E-state index contributed by atoms with van der Waals surface area (Å²) in [5.41, 5.74) is -12.1. The number of rotatable bonds is 5. The molecule has 0 saturated carbocycles. The minimum atomic E-state index is -5.53. The van der Waals surface area contributed by atoms with Crippen LogP contribution in [0.5, 0.6) is 11.5 Å². The van der Waals surface area contributed by atoms with Crippen LogP contribution < -0.4 is 14.8 Å². The van der Waals surface area contributed by atoms with Crippen LogP contribution in [0.4, 0.5) is 74.6 Å². The van der Waals surface area contributed by atoms with Crippen molar-refractivity contribution in [3.05, 3.63) is 135 Å². The van der Waals surface area contributed by atoms with Gasteiger partial charge in [0.05, 0.1) is 21.8 Å². The van der Waals surface area contributed by atoms with Crippen LogP contribution in [0.2, 0.25) is 0 Å². The van der Waals surface area contributed by atoms with Crippen LogP contribution in [0.25, 0.3) is 32.7 Å². The van der Waals surface area contributed by atoms with Gasteiger partial charge >= 0.3 is 13.0 Å². The van der Waals surface area contributed by atoms with E-state index in [9.17, 15) is 39.5 Å². The van der Waals surface area contributed by atoms with Gasteiger partial charge in [-0.2, -0.15) is 17.6 Å². The summed E-state index contributed by atoms with van der Waals surface area (Å²) in [4.78, 5) is 0. The Morgan fingerprint density at radius 3 is 1.23 bits per heavy atom. The SMILES string of the molecule is Fc1c(F)c(F)c2c(c1F)-c1c(F)c(F)c(F)c(B(Oc3c(F)c(F)c(F)c4c(F)cccc34)Oc3c(F)c(F)c(F)c4c(F)cccc34)c1C2(F)F. The van der Waals surface area contributed by atoms with Crippen molar-refractivity contribution in [2.24, 2.45) is 0 Å². The summed E-state index contributed by atoms with van der Waals surface area (Å²) in [5, 5.41) is -5.38. The molecule has 0 heterocycles. The molecule has 6 aromatic carbocycles. The quantitative estimate of drug-likeness (QED) is 0.0753. The zero-order valence-electron chi connectivity index (χ0n) is 24.8. The van der Waals surface area contributed by atoms with E-state index in [1.165, 1.54) is 0 Å². The Hall–Kier alpha value is -5.69. The molecule has 0 radical (unpaired) electrons. The molecule has 0 N–H and O–H groups in total. The van der Waals surface area contributed by atoms with Gasteiger partial charge in [0.25, 0.3) is 0 Å². The van der Waals surface area contributed by atoms with Crippen molar-refractivity contribution in [3.63, 3.8) is 0 Å². The fourth-order valence-electron chi connectivity index (χ4n) is 6.05. The first kappa shape index (κ1) is 35.7. The van der Waals surface area contributed by atoms with Gasteiger partial charge in [-0.1, -0.05) is 24.3 Å². The molecule has 0 aliphatic heterocycles. The molecule has 0 atom stereocenters. The predicted octanol–water partition coefficient (Wildman–Crippen LogP) is 10.1. The lowest BCUT2D eigenvalue weighted by atomic mass is 9.72. The number of benzene rings is 6. The van der Waals surface area contributed by atoms with Crippen molar-refractivity contribution in [2.45, 2.75) is 5.92 Å². The van der Waals surface area contributed by atoms with E-state index in [2.05, 4.69) is 0 Å². The molecule has 20 heteroatoms. The summed E-state index contributed by atoms with van der Waals surface area (Å²) < 4.78 is 266. The fraction of sp³-hybridized carbons (Fsp3) is 0.0303. The second kappa shape index (κ2) is 11.9. The van der Waals surface area contributed by atoms with E-state index in [-0.39, 0.29) is 0 Å². The number of halogens is 17. The third-order valence-electron chi connectivity index (χ3n) is 8.32. The Balaban J connectivity index is 1.62. The lowest BCUT2D eigenvalue weighted by Gasteiger charge is -2.24. The Kier molecular flexibility index (Phi) is 8.03. The van der Waals surface area contributed by atoms with Gasteiger partial charge in [-0.05, 0) is 12.1 Å². The lowest BCUT2D eigenvalue weighted by molar-refractivity contribution is 0.0433. The second-order valence-electron chi connectivity index (χ2n) is 11.1. The van der Waals surface area contributed by atoms with E-state index in [1.807, 2.05) is 0 Å². The van der Waals surface area contributed by atoms with Gasteiger partial charge in [-0.15, -0.1) is 0 Å². The standard InChI is InChI=1S/C33H6BF17O2/c35-9-5-1-3-7-11(9)18(37)26(45)29(48)31(7)52-34(53-32-8-4-2-6-10(36)12(8)19(38)27(46)30(32)49)17-15-13(20(39)24(43)23(17)42)14-16(33(15,50)51)22(41)28(47)25(44)21(14)40/h1-6H. The van der Waals surface area contributed by atoms with E-state index in [4.69, 9.17) is 9.31 Å². The first-order valence-electron chi connectivity index (χ1n) is 14.1. The van der Waals surface area contributed by atoms with E-state index < -0.39 is 161 Å². The molecule has 0 amide bonds. The normalized spacial score (nSPS) is 13.2. The van der Waals surface area contributed by atoms with Gasteiger partial charge in [0.2, 0.25) is 11.6 Å². The van der Waals surface area contributed by atoms with Gasteiger partial charge < -0.3 is 9.31 Å². The van der Waals surface area contributed by atoms with Crippen LogP contribution >= 0.6 is 0 Å². The molecule has 0 saturated heterocycles. The molecule has 7 rings (SSSR count). The van der Waals surface area contributed by atoms with Crippen LogP contribution in [-0.2, 0) is 5.92 Å². The van der Waals surface area contributed by atoms with Crippen molar-refractivity contribution >= 4 is 34.1 Å². The van der Waals surface area contributed by atoms with Gasteiger partial charge in [-0.3, -0.25) is 0 Å². The number of fused-ring (bicyclic) bond motifs is 5. The van der Waals surface area contributed by atoms with Gasteiger partial charge in [0.1, 0.15) is 23.1 Å².